The van der Waals surface area contributed by atoms with E-state index in [4.69, 9.17) is 0 Å². The molecule has 8 nitrogen and oxygen atoms in total. The number of imidazole rings is 1. The van der Waals surface area contributed by atoms with E-state index in [1.54, 1.807) is 30.1 Å². The largest absolute Gasteiger partial charge is 0.348 e. The van der Waals surface area contributed by atoms with Gasteiger partial charge >= 0.3 is 0 Å². The fraction of sp³-hybridized carbons (Fsp3) is 0.706. The van der Waals surface area contributed by atoms with E-state index in [2.05, 4.69) is 14.8 Å². The Labute approximate surface area is 149 Å². The number of nitrogens with zero attached hydrogens (tertiary/aromatic N) is 6. The highest BCUT2D eigenvalue weighted by Gasteiger charge is 2.52. The number of piperazine rings is 1. The van der Waals surface area contributed by atoms with Crippen molar-refractivity contribution in [1.29, 1.82) is 0 Å². The van der Waals surface area contributed by atoms with Crippen LogP contribution in [0.5, 0.6) is 0 Å². The lowest BCUT2D eigenvalue weighted by atomic mass is 9.91. The molecule has 3 heterocycles. The van der Waals surface area contributed by atoms with Crippen LogP contribution < -0.4 is 0 Å². The summed E-state index contributed by atoms with van der Waals surface area (Å²) in [6.07, 6.45) is 4.48. The lowest BCUT2D eigenvalue weighted by Crippen LogP contribution is -2.67. The third kappa shape index (κ3) is 3.28. The van der Waals surface area contributed by atoms with Gasteiger partial charge in [0, 0.05) is 66.8 Å². The number of carbonyl (C=O) groups is 2. The Kier molecular flexibility index (Phi) is 4.83. The number of rotatable bonds is 4. The highest BCUT2D eigenvalue weighted by atomic mass is 16.2. The van der Waals surface area contributed by atoms with E-state index in [1.165, 1.54) is 0 Å². The second kappa shape index (κ2) is 6.76. The van der Waals surface area contributed by atoms with Crippen molar-refractivity contribution in [3.8, 4) is 0 Å². The Balaban J connectivity index is 1.78. The molecule has 0 saturated carbocycles. The summed E-state index contributed by atoms with van der Waals surface area (Å²) in [6.45, 7) is 3.89. The zero-order valence-corrected chi connectivity index (χ0v) is 15.6. The van der Waals surface area contributed by atoms with Gasteiger partial charge in [0.2, 0.25) is 11.8 Å². The predicted molar refractivity (Wildman–Crippen MR) is 93.7 cm³/mol. The summed E-state index contributed by atoms with van der Waals surface area (Å²) >= 11 is 0. The van der Waals surface area contributed by atoms with Crippen molar-refractivity contribution >= 4 is 11.8 Å². The van der Waals surface area contributed by atoms with Gasteiger partial charge in [-0.15, -0.1) is 0 Å². The first-order chi connectivity index (χ1) is 11.8. The second-order valence-electron chi connectivity index (χ2n) is 7.38. The van der Waals surface area contributed by atoms with Crippen molar-refractivity contribution in [2.45, 2.75) is 18.5 Å². The average Bonchev–Trinajstić information content (AvgIpc) is 3.16. The molecule has 1 spiro atoms. The Morgan fingerprint density at radius 1 is 1.28 bits per heavy atom. The number of carbonyl (C=O) groups excluding carboxylic acids is 2. The van der Waals surface area contributed by atoms with Gasteiger partial charge in [0.15, 0.2) is 0 Å². The summed E-state index contributed by atoms with van der Waals surface area (Å²) in [6, 6.07) is 0. The van der Waals surface area contributed by atoms with Crippen LogP contribution >= 0.6 is 0 Å². The lowest BCUT2D eigenvalue weighted by Gasteiger charge is -2.46. The molecule has 25 heavy (non-hydrogen) atoms. The van der Waals surface area contributed by atoms with Crippen LogP contribution in [0.25, 0.3) is 0 Å². The molecular weight excluding hydrogens is 320 g/mol. The molecule has 0 N–H and O–H groups in total. The van der Waals surface area contributed by atoms with Gasteiger partial charge in [-0.1, -0.05) is 0 Å². The van der Waals surface area contributed by atoms with Crippen molar-refractivity contribution in [3.05, 3.63) is 18.2 Å². The standard InChI is InChI=1S/C17H28N6O2/c1-19(2)15(24)12-23-10-9-21(4)16(25)17(23)5-7-22(13-17)11-14-18-6-8-20(14)3/h6,8H,5,7,9-13H2,1-4H3. The Morgan fingerprint density at radius 3 is 2.68 bits per heavy atom. The maximum absolute atomic E-state index is 13.0. The summed E-state index contributed by atoms with van der Waals surface area (Å²) in [5.41, 5.74) is -0.593. The van der Waals surface area contributed by atoms with Crippen LogP contribution in [0.15, 0.2) is 12.4 Å². The van der Waals surface area contributed by atoms with Crippen LogP contribution in [-0.2, 0) is 23.2 Å². The molecule has 2 amide bonds. The van der Waals surface area contributed by atoms with Gasteiger partial charge in [-0.2, -0.15) is 0 Å². The number of aromatic nitrogens is 2. The molecule has 138 valence electrons. The number of aryl methyl sites for hydroxylation is 1. The number of amides is 2. The van der Waals surface area contributed by atoms with Crippen LogP contribution in [0.4, 0.5) is 0 Å². The topological polar surface area (TPSA) is 64.9 Å². The van der Waals surface area contributed by atoms with Crippen molar-refractivity contribution in [2.75, 3.05) is 53.9 Å². The maximum Gasteiger partial charge on any atom is 0.244 e. The molecule has 2 fully saturated rings. The molecule has 0 radical (unpaired) electrons. The summed E-state index contributed by atoms with van der Waals surface area (Å²) in [7, 11) is 7.36. The maximum atomic E-state index is 13.0. The van der Waals surface area contributed by atoms with Crippen molar-refractivity contribution in [3.63, 3.8) is 0 Å². The van der Waals surface area contributed by atoms with Crippen LogP contribution in [0.2, 0.25) is 0 Å². The Hall–Kier alpha value is -1.93. The van der Waals surface area contributed by atoms with Crippen LogP contribution in [0, 0.1) is 0 Å². The fourth-order valence-electron chi connectivity index (χ4n) is 3.80. The minimum atomic E-state index is -0.593. The van der Waals surface area contributed by atoms with Crippen LogP contribution in [0.3, 0.4) is 0 Å². The lowest BCUT2D eigenvalue weighted by molar-refractivity contribution is -0.151. The zero-order chi connectivity index (χ0) is 18.2. The van der Waals surface area contributed by atoms with Crippen molar-refractivity contribution in [2.24, 2.45) is 7.05 Å². The quantitative estimate of drug-likeness (QED) is 0.715. The van der Waals surface area contributed by atoms with E-state index >= 15 is 0 Å². The highest BCUT2D eigenvalue weighted by molar-refractivity contribution is 5.89. The summed E-state index contributed by atoms with van der Waals surface area (Å²) < 4.78 is 2.01. The van der Waals surface area contributed by atoms with E-state index in [1.807, 2.05) is 24.9 Å². The molecular formula is C17H28N6O2. The Morgan fingerprint density at radius 2 is 2.04 bits per heavy atom. The highest BCUT2D eigenvalue weighted by Crippen LogP contribution is 2.33. The first-order valence-corrected chi connectivity index (χ1v) is 8.73. The molecule has 1 aromatic rings. The summed E-state index contributed by atoms with van der Waals surface area (Å²) in [5, 5.41) is 0. The number of likely N-dealkylation sites (tertiary alicyclic amines) is 1. The van der Waals surface area contributed by atoms with Gasteiger partial charge in [-0.05, 0) is 6.42 Å². The van der Waals surface area contributed by atoms with E-state index in [9.17, 15) is 9.59 Å². The van der Waals surface area contributed by atoms with Gasteiger partial charge in [0.05, 0.1) is 13.1 Å². The molecule has 8 heteroatoms. The van der Waals surface area contributed by atoms with E-state index in [0.717, 1.165) is 31.9 Å². The van der Waals surface area contributed by atoms with Gasteiger partial charge in [0.25, 0.3) is 0 Å². The number of likely N-dealkylation sites (N-methyl/N-ethyl adjacent to an activating group) is 2. The summed E-state index contributed by atoms with van der Waals surface area (Å²) in [4.78, 5) is 37.4. The molecule has 3 rings (SSSR count). The zero-order valence-electron chi connectivity index (χ0n) is 15.6. The molecule has 1 aromatic heterocycles. The minimum Gasteiger partial charge on any atom is -0.348 e. The van der Waals surface area contributed by atoms with Gasteiger partial charge in [-0.3, -0.25) is 19.4 Å². The SMILES string of the molecule is CN(C)C(=O)CN1CCN(C)C(=O)C12CCN(Cc1nccn1C)C2. The third-order valence-electron chi connectivity index (χ3n) is 5.49. The fourth-order valence-corrected chi connectivity index (χ4v) is 3.80. The third-order valence-corrected chi connectivity index (χ3v) is 5.49. The minimum absolute atomic E-state index is 0.0410. The van der Waals surface area contributed by atoms with E-state index in [0.29, 0.717) is 19.6 Å². The van der Waals surface area contributed by atoms with Gasteiger partial charge in [0.1, 0.15) is 11.4 Å². The molecule has 0 bridgehead atoms. The molecule has 1 unspecified atom stereocenters. The molecule has 1 atom stereocenters. The molecule has 2 saturated heterocycles. The number of hydrogen-bond acceptors (Lipinski definition) is 5. The van der Waals surface area contributed by atoms with E-state index in [-0.39, 0.29) is 11.8 Å². The van der Waals surface area contributed by atoms with Gasteiger partial charge < -0.3 is 14.4 Å². The first-order valence-electron chi connectivity index (χ1n) is 8.73. The van der Waals surface area contributed by atoms with Crippen molar-refractivity contribution in [1.82, 2.24) is 29.2 Å². The van der Waals surface area contributed by atoms with Crippen LogP contribution in [0.1, 0.15) is 12.2 Å². The molecule has 0 aliphatic carbocycles. The average molecular weight is 348 g/mol. The normalized spacial score (nSPS) is 25.1. The van der Waals surface area contributed by atoms with Crippen LogP contribution in [-0.4, -0.2) is 100 Å². The van der Waals surface area contributed by atoms with Crippen molar-refractivity contribution < 1.29 is 9.59 Å². The molecule has 2 aliphatic rings. The molecule has 2 aliphatic heterocycles. The Bertz CT molecular complexity index is 657. The summed E-state index contributed by atoms with van der Waals surface area (Å²) in [5.74, 6) is 1.16. The first kappa shape index (κ1) is 17.9. The second-order valence-corrected chi connectivity index (χ2v) is 7.38. The number of hydrogen-bond donors (Lipinski definition) is 0. The smallest absolute Gasteiger partial charge is 0.244 e. The van der Waals surface area contributed by atoms with E-state index < -0.39 is 5.54 Å². The molecule has 0 aromatic carbocycles. The van der Waals surface area contributed by atoms with Gasteiger partial charge in [-0.25, -0.2) is 4.98 Å². The monoisotopic (exact) mass is 348 g/mol. The predicted octanol–water partition coefficient (Wildman–Crippen LogP) is -0.773.